The van der Waals surface area contributed by atoms with Gasteiger partial charge in [0.15, 0.2) is 0 Å². The summed E-state index contributed by atoms with van der Waals surface area (Å²) in [6.07, 6.45) is 5.66. The van der Waals surface area contributed by atoms with Gasteiger partial charge < -0.3 is 14.8 Å². The van der Waals surface area contributed by atoms with Crippen LogP contribution in [0.4, 0.5) is 0 Å². The molecule has 3 fully saturated rings. The topological polar surface area (TPSA) is 67.9 Å². The van der Waals surface area contributed by atoms with Crippen molar-refractivity contribution in [3.05, 3.63) is 29.3 Å². The molecule has 6 nitrogen and oxygen atoms in total. The Kier molecular flexibility index (Phi) is 5.04. The van der Waals surface area contributed by atoms with E-state index in [0.29, 0.717) is 13.0 Å². The summed E-state index contributed by atoms with van der Waals surface area (Å²) in [6, 6.07) is 6.47. The fourth-order valence-corrected chi connectivity index (χ4v) is 6.88. The molecule has 0 aromatic heterocycles. The Balaban J connectivity index is 1.66. The van der Waals surface area contributed by atoms with Crippen molar-refractivity contribution in [1.82, 2.24) is 10.2 Å². The maximum absolute atomic E-state index is 13.0. The van der Waals surface area contributed by atoms with Crippen LogP contribution < -0.4 is 10.1 Å². The van der Waals surface area contributed by atoms with Gasteiger partial charge in [0, 0.05) is 37.8 Å². The zero-order chi connectivity index (χ0) is 21.8. The molecule has 1 saturated heterocycles. The third-order valence-corrected chi connectivity index (χ3v) is 8.24. The first-order valence-electron chi connectivity index (χ1n) is 11.8. The number of hydrogen-bond acceptors (Lipinski definition) is 5. The zero-order valence-corrected chi connectivity index (χ0v) is 18.9. The van der Waals surface area contributed by atoms with E-state index in [1.54, 1.807) is 7.11 Å². The monoisotopic (exact) mass is 426 g/mol. The molecular weight excluding hydrogens is 392 g/mol. The molecule has 1 amide bonds. The summed E-state index contributed by atoms with van der Waals surface area (Å²) >= 11 is 0. The molecule has 1 N–H and O–H groups in total. The Morgan fingerprint density at radius 3 is 2.74 bits per heavy atom. The standard InChI is InChI=1S/C25H34N2O4/c1-4-26-23(29)19-13-24-9-10-27(15-17-5-6-17)22(25(24,14-19)31-16(2)28)11-18-7-8-20(30-3)12-21(18)24/h7-8,12,17,19,22H,4-6,9-11,13-15H2,1-3H3,(H,26,29)/t19?,22-,24-,25-/m1/s1. The Hall–Kier alpha value is -2.08. The van der Waals surface area contributed by atoms with Crippen LogP contribution >= 0.6 is 0 Å². The summed E-state index contributed by atoms with van der Waals surface area (Å²) in [5.41, 5.74) is 1.52. The summed E-state index contributed by atoms with van der Waals surface area (Å²) in [5, 5.41) is 3.03. The summed E-state index contributed by atoms with van der Waals surface area (Å²) in [4.78, 5) is 28.1. The van der Waals surface area contributed by atoms with E-state index >= 15 is 0 Å². The molecule has 2 saturated carbocycles. The molecule has 2 bridgehead atoms. The van der Waals surface area contributed by atoms with Crippen LogP contribution in [0.25, 0.3) is 0 Å². The minimum atomic E-state index is -0.666. The second kappa shape index (κ2) is 7.51. The first kappa shape index (κ1) is 20.8. The van der Waals surface area contributed by atoms with Crippen molar-refractivity contribution in [2.75, 3.05) is 26.7 Å². The Morgan fingerprint density at radius 2 is 2.06 bits per heavy atom. The predicted molar refractivity (Wildman–Crippen MR) is 117 cm³/mol. The molecule has 1 aromatic rings. The molecule has 5 rings (SSSR count). The first-order chi connectivity index (χ1) is 14.9. The Morgan fingerprint density at radius 1 is 1.26 bits per heavy atom. The van der Waals surface area contributed by atoms with Crippen molar-refractivity contribution in [2.24, 2.45) is 11.8 Å². The molecule has 4 aliphatic rings. The van der Waals surface area contributed by atoms with Crippen molar-refractivity contribution in [2.45, 2.75) is 69.4 Å². The van der Waals surface area contributed by atoms with Crippen molar-refractivity contribution < 1.29 is 19.1 Å². The van der Waals surface area contributed by atoms with Crippen LogP contribution in [0.1, 0.15) is 57.1 Å². The molecule has 1 heterocycles. The Bertz CT molecular complexity index is 898. The highest BCUT2D eigenvalue weighted by molar-refractivity contribution is 5.80. The van der Waals surface area contributed by atoms with E-state index in [4.69, 9.17) is 9.47 Å². The lowest BCUT2D eigenvalue weighted by Crippen LogP contribution is -2.70. The summed E-state index contributed by atoms with van der Waals surface area (Å²) < 4.78 is 12.0. The molecule has 31 heavy (non-hydrogen) atoms. The quantitative estimate of drug-likeness (QED) is 0.709. The van der Waals surface area contributed by atoms with Gasteiger partial charge in [0.05, 0.1) is 13.2 Å². The van der Waals surface area contributed by atoms with Crippen molar-refractivity contribution in [3.63, 3.8) is 0 Å². The van der Waals surface area contributed by atoms with Gasteiger partial charge in [-0.2, -0.15) is 0 Å². The van der Waals surface area contributed by atoms with E-state index in [1.165, 1.54) is 30.9 Å². The van der Waals surface area contributed by atoms with Gasteiger partial charge in [0.2, 0.25) is 5.91 Å². The van der Waals surface area contributed by atoms with Gasteiger partial charge in [-0.3, -0.25) is 14.5 Å². The van der Waals surface area contributed by atoms with E-state index in [-0.39, 0.29) is 29.3 Å². The minimum Gasteiger partial charge on any atom is -0.497 e. The number of benzene rings is 1. The van der Waals surface area contributed by atoms with E-state index in [9.17, 15) is 9.59 Å². The zero-order valence-electron chi connectivity index (χ0n) is 18.9. The van der Waals surface area contributed by atoms with Crippen LogP contribution in [0, 0.1) is 11.8 Å². The Labute approximate surface area is 184 Å². The number of carbonyl (C=O) groups excluding carboxylic acids is 2. The predicted octanol–water partition coefficient (Wildman–Crippen LogP) is 2.82. The maximum Gasteiger partial charge on any atom is 0.303 e. The molecule has 0 spiro atoms. The lowest BCUT2D eigenvalue weighted by Gasteiger charge is -2.60. The third kappa shape index (κ3) is 3.17. The van der Waals surface area contributed by atoms with E-state index in [1.807, 2.05) is 13.0 Å². The highest BCUT2D eigenvalue weighted by atomic mass is 16.6. The van der Waals surface area contributed by atoms with Crippen LogP contribution in [0.5, 0.6) is 5.75 Å². The number of ether oxygens (including phenoxy) is 2. The van der Waals surface area contributed by atoms with Gasteiger partial charge in [-0.25, -0.2) is 0 Å². The second-order valence-electron chi connectivity index (χ2n) is 10.00. The van der Waals surface area contributed by atoms with Crippen LogP contribution in [-0.2, 0) is 26.2 Å². The lowest BCUT2D eigenvalue weighted by atomic mass is 9.56. The number of esters is 1. The highest BCUT2D eigenvalue weighted by Gasteiger charge is 2.70. The highest BCUT2D eigenvalue weighted by Crippen LogP contribution is 2.63. The number of rotatable bonds is 6. The van der Waals surface area contributed by atoms with Gasteiger partial charge >= 0.3 is 5.97 Å². The lowest BCUT2D eigenvalue weighted by molar-refractivity contribution is -0.189. The number of likely N-dealkylation sites (tertiary alicyclic amines) is 1. The number of fused-ring (bicyclic) bond motifs is 1. The molecular formula is C25H34N2O4. The average Bonchev–Trinajstić information content (AvgIpc) is 3.48. The van der Waals surface area contributed by atoms with E-state index in [2.05, 4.69) is 22.3 Å². The number of hydrogen-bond donors (Lipinski definition) is 1. The largest absolute Gasteiger partial charge is 0.497 e. The minimum absolute atomic E-state index is 0.0849. The van der Waals surface area contributed by atoms with Crippen LogP contribution in [0.3, 0.4) is 0 Å². The number of methoxy groups -OCH3 is 1. The smallest absolute Gasteiger partial charge is 0.303 e. The molecule has 168 valence electrons. The molecule has 3 aliphatic carbocycles. The first-order valence-corrected chi connectivity index (χ1v) is 11.8. The molecule has 0 radical (unpaired) electrons. The summed E-state index contributed by atoms with van der Waals surface area (Å²) in [5.74, 6) is 1.27. The van der Waals surface area contributed by atoms with Crippen molar-refractivity contribution in [3.8, 4) is 5.75 Å². The summed E-state index contributed by atoms with van der Waals surface area (Å²) in [7, 11) is 1.69. The van der Waals surface area contributed by atoms with E-state index < -0.39 is 5.60 Å². The molecule has 4 atom stereocenters. The van der Waals surface area contributed by atoms with Gasteiger partial charge in [-0.05, 0) is 74.8 Å². The molecule has 1 unspecified atom stereocenters. The number of amides is 1. The van der Waals surface area contributed by atoms with Gasteiger partial charge in [0.25, 0.3) is 0 Å². The third-order valence-electron chi connectivity index (χ3n) is 8.24. The number of carbonyl (C=O) groups is 2. The number of nitrogens with one attached hydrogen (secondary N) is 1. The van der Waals surface area contributed by atoms with Crippen LogP contribution in [0.2, 0.25) is 0 Å². The molecule has 6 heteroatoms. The van der Waals surface area contributed by atoms with Gasteiger partial charge in [0.1, 0.15) is 11.4 Å². The number of nitrogens with zero attached hydrogens (tertiary/aromatic N) is 1. The van der Waals surface area contributed by atoms with Crippen LogP contribution in [-0.4, -0.2) is 55.2 Å². The average molecular weight is 427 g/mol. The SMILES string of the molecule is CCNC(=O)C1C[C@]23CCN(CC4CC4)[C@H](Cc4ccc(OC)cc42)[C@]3(OC(C)=O)C1. The van der Waals surface area contributed by atoms with Crippen molar-refractivity contribution in [1.29, 1.82) is 0 Å². The van der Waals surface area contributed by atoms with Gasteiger partial charge in [-0.15, -0.1) is 0 Å². The normalized spacial score (nSPS) is 33.9. The van der Waals surface area contributed by atoms with E-state index in [0.717, 1.165) is 44.0 Å². The van der Waals surface area contributed by atoms with Crippen molar-refractivity contribution >= 4 is 11.9 Å². The fourth-order valence-electron chi connectivity index (χ4n) is 6.88. The molecule has 1 aliphatic heterocycles. The fraction of sp³-hybridized carbons (Fsp3) is 0.680. The maximum atomic E-state index is 13.0. The molecule has 1 aromatic carbocycles. The summed E-state index contributed by atoms with van der Waals surface area (Å²) in [6.45, 7) is 6.15. The number of piperidine rings is 1. The van der Waals surface area contributed by atoms with Crippen LogP contribution in [0.15, 0.2) is 18.2 Å². The van der Waals surface area contributed by atoms with Gasteiger partial charge in [-0.1, -0.05) is 6.07 Å². The second-order valence-corrected chi connectivity index (χ2v) is 10.00.